The zero-order valence-corrected chi connectivity index (χ0v) is 12.6. The number of thiazole rings is 1. The Labute approximate surface area is 122 Å². The molecule has 0 aliphatic heterocycles. The zero-order valence-electron chi connectivity index (χ0n) is 11.8. The summed E-state index contributed by atoms with van der Waals surface area (Å²) in [6, 6.07) is 0. The molecule has 0 atom stereocenters. The van der Waals surface area contributed by atoms with Crippen molar-refractivity contribution in [2.24, 2.45) is 0 Å². The average molecular weight is 295 g/mol. The Kier molecular flexibility index (Phi) is 4.54. The highest BCUT2D eigenvalue weighted by Crippen LogP contribution is 2.23. The maximum atomic E-state index is 5.84. The van der Waals surface area contributed by atoms with Crippen LogP contribution in [0.5, 0.6) is 5.88 Å². The van der Waals surface area contributed by atoms with Crippen LogP contribution in [0.1, 0.15) is 31.4 Å². The van der Waals surface area contributed by atoms with Crippen LogP contribution < -0.4 is 10.1 Å². The SMILES string of the molecule is COc1nc2sccn2c1CNCCOC1CCCC1. The molecule has 1 aliphatic rings. The summed E-state index contributed by atoms with van der Waals surface area (Å²) in [6.07, 6.45) is 7.62. The third-order valence-electron chi connectivity index (χ3n) is 3.74. The molecule has 2 heterocycles. The topological polar surface area (TPSA) is 47.8 Å². The third-order valence-corrected chi connectivity index (χ3v) is 4.50. The molecule has 0 amide bonds. The highest BCUT2D eigenvalue weighted by atomic mass is 32.1. The van der Waals surface area contributed by atoms with E-state index in [4.69, 9.17) is 9.47 Å². The molecule has 1 aliphatic carbocycles. The Hall–Kier alpha value is -1.11. The smallest absolute Gasteiger partial charge is 0.237 e. The van der Waals surface area contributed by atoms with Gasteiger partial charge in [-0.2, -0.15) is 4.98 Å². The standard InChI is InChI=1S/C14H21N3O2S/c1-18-13-12(17-7-9-20-14(17)16-13)10-15-6-8-19-11-4-2-3-5-11/h7,9,11,15H,2-6,8,10H2,1H3. The lowest BCUT2D eigenvalue weighted by Gasteiger charge is -2.11. The molecular formula is C14H21N3O2S. The third kappa shape index (κ3) is 2.97. The molecule has 6 heteroatoms. The summed E-state index contributed by atoms with van der Waals surface area (Å²) in [6.45, 7) is 2.38. The number of nitrogens with one attached hydrogen (secondary N) is 1. The first-order valence-electron chi connectivity index (χ1n) is 7.19. The fourth-order valence-corrected chi connectivity index (χ4v) is 3.42. The number of hydrogen-bond donors (Lipinski definition) is 1. The molecule has 20 heavy (non-hydrogen) atoms. The molecular weight excluding hydrogens is 274 g/mol. The number of nitrogens with zero attached hydrogens (tertiary/aromatic N) is 2. The van der Waals surface area contributed by atoms with Crippen LogP contribution in [-0.2, 0) is 11.3 Å². The van der Waals surface area contributed by atoms with Crippen molar-refractivity contribution in [1.29, 1.82) is 0 Å². The van der Waals surface area contributed by atoms with Crippen LogP contribution in [0.15, 0.2) is 11.6 Å². The van der Waals surface area contributed by atoms with Gasteiger partial charge in [-0.15, -0.1) is 11.3 Å². The number of ether oxygens (including phenoxy) is 2. The van der Waals surface area contributed by atoms with Gasteiger partial charge in [0.25, 0.3) is 0 Å². The number of fused-ring (bicyclic) bond motifs is 1. The van der Waals surface area contributed by atoms with Gasteiger partial charge in [0, 0.05) is 24.7 Å². The monoisotopic (exact) mass is 295 g/mol. The van der Waals surface area contributed by atoms with Crippen molar-refractivity contribution >= 4 is 16.3 Å². The van der Waals surface area contributed by atoms with Gasteiger partial charge in [0.05, 0.1) is 19.8 Å². The lowest BCUT2D eigenvalue weighted by molar-refractivity contribution is 0.0602. The highest BCUT2D eigenvalue weighted by Gasteiger charge is 2.15. The van der Waals surface area contributed by atoms with Gasteiger partial charge < -0.3 is 14.8 Å². The Morgan fingerprint density at radius 3 is 3.10 bits per heavy atom. The molecule has 0 unspecified atom stereocenters. The molecule has 0 aromatic carbocycles. The molecule has 2 aromatic rings. The Bertz CT molecular complexity index is 546. The predicted octanol–water partition coefficient (Wildman–Crippen LogP) is 2.45. The van der Waals surface area contributed by atoms with Crippen molar-refractivity contribution < 1.29 is 9.47 Å². The maximum Gasteiger partial charge on any atom is 0.237 e. The van der Waals surface area contributed by atoms with Gasteiger partial charge in [-0.3, -0.25) is 4.40 Å². The van der Waals surface area contributed by atoms with E-state index in [1.807, 2.05) is 11.6 Å². The van der Waals surface area contributed by atoms with E-state index >= 15 is 0 Å². The van der Waals surface area contributed by atoms with E-state index in [1.54, 1.807) is 18.4 Å². The Balaban J connectivity index is 1.47. The van der Waals surface area contributed by atoms with Crippen LogP contribution in [0.4, 0.5) is 0 Å². The van der Waals surface area contributed by atoms with Crippen molar-refractivity contribution in [3.8, 4) is 5.88 Å². The van der Waals surface area contributed by atoms with E-state index in [0.29, 0.717) is 12.0 Å². The van der Waals surface area contributed by atoms with Gasteiger partial charge in [0.2, 0.25) is 5.88 Å². The van der Waals surface area contributed by atoms with E-state index in [0.717, 1.165) is 30.4 Å². The fraction of sp³-hybridized carbons (Fsp3) is 0.643. The van der Waals surface area contributed by atoms with Crippen LogP contribution in [0.3, 0.4) is 0 Å². The van der Waals surface area contributed by atoms with Gasteiger partial charge >= 0.3 is 0 Å². The second-order valence-corrected chi connectivity index (χ2v) is 5.95. The van der Waals surface area contributed by atoms with Crippen LogP contribution in [0.25, 0.3) is 4.96 Å². The summed E-state index contributed by atoms with van der Waals surface area (Å²) < 4.78 is 13.2. The van der Waals surface area contributed by atoms with Crippen molar-refractivity contribution in [3.05, 3.63) is 17.3 Å². The van der Waals surface area contributed by atoms with Crippen molar-refractivity contribution in [2.75, 3.05) is 20.3 Å². The van der Waals surface area contributed by atoms with E-state index in [1.165, 1.54) is 25.7 Å². The van der Waals surface area contributed by atoms with Crippen LogP contribution in [0, 0.1) is 0 Å². The normalized spacial score (nSPS) is 16.2. The van der Waals surface area contributed by atoms with Gasteiger partial charge in [0.1, 0.15) is 5.69 Å². The minimum Gasteiger partial charge on any atom is -0.480 e. The van der Waals surface area contributed by atoms with Gasteiger partial charge in [0.15, 0.2) is 4.96 Å². The lowest BCUT2D eigenvalue weighted by atomic mass is 10.3. The lowest BCUT2D eigenvalue weighted by Crippen LogP contribution is -2.22. The van der Waals surface area contributed by atoms with Gasteiger partial charge in [-0.05, 0) is 12.8 Å². The second-order valence-electron chi connectivity index (χ2n) is 5.08. The number of imidazole rings is 1. The molecule has 0 spiro atoms. The first kappa shape index (κ1) is 13.9. The molecule has 3 rings (SSSR count). The molecule has 1 saturated carbocycles. The van der Waals surface area contributed by atoms with Crippen LogP contribution in [-0.4, -0.2) is 35.8 Å². The molecule has 0 radical (unpaired) electrons. The minimum absolute atomic E-state index is 0.491. The number of hydrogen-bond acceptors (Lipinski definition) is 5. The summed E-state index contributed by atoms with van der Waals surface area (Å²) in [5, 5.41) is 5.44. The van der Waals surface area contributed by atoms with Gasteiger partial charge in [-0.1, -0.05) is 12.8 Å². The quantitative estimate of drug-likeness (QED) is 0.797. The zero-order chi connectivity index (χ0) is 13.8. The van der Waals surface area contributed by atoms with E-state index in [-0.39, 0.29) is 0 Å². The predicted molar refractivity (Wildman–Crippen MR) is 79.5 cm³/mol. The molecule has 5 nitrogen and oxygen atoms in total. The van der Waals surface area contributed by atoms with Crippen molar-refractivity contribution in [1.82, 2.24) is 14.7 Å². The molecule has 2 aromatic heterocycles. The molecule has 0 saturated heterocycles. The van der Waals surface area contributed by atoms with Crippen molar-refractivity contribution in [3.63, 3.8) is 0 Å². The van der Waals surface area contributed by atoms with E-state index in [9.17, 15) is 0 Å². The largest absolute Gasteiger partial charge is 0.480 e. The van der Waals surface area contributed by atoms with Crippen LogP contribution in [0.2, 0.25) is 0 Å². The second kappa shape index (κ2) is 6.56. The number of aromatic nitrogens is 2. The average Bonchev–Trinajstić information content (AvgIpc) is 3.15. The summed E-state index contributed by atoms with van der Waals surface area (Å²) in [4.78, 5) is 5.41. The van der Waals surface area contributed by atoms with E-state index < -0.39 is 0 Å². The maximum absolute atomic E-state index is 5.84. The molecule has 1 fully saturated rings. The summed E-state index contributed by atoms with van der Waals surface area (Å²) >= 11 is 1.62. The summed E-state index contributed by atoms with van der Waals surface area (Å²) in [5.41, 5.74) is 1.07. The fourth-order valence-electron chi connectivity index (χ4n) is 2.70. The first-order valence-corrected chi connectivity index (χ1v) is 8.07. The van der Waals surface area contributed by atoms with Crippen molar-refractivity contribution in [2.45, 2.75) is 38.3 Å². The van der Waals surface area contributed by atoms with Crippen LogP contribution >= 0.6 is 11.3 Å². The number of rotatable bonds is 7. The first-order chi connectivity index (χ1) is 9.88. The summed E-state index contributed by atoms with van der Waals surface area (Å²) in [5.74, 6) is 0.709. The molecule has 0 bridgehead atoms. The summed E-state index contributed by atoms with van der Waals surface area (Å²) in [7, 11) is 1.67. The molecule has 110 valence electrons. The highest BCUT2D eigenvalue weighted by molar-refractivity contribution is 7.15. The van der Waals surface area contributed by atoms with Gasteiger partial charge in [-0.25, -0.2) is 0 Å². The minimum atomic E-state index is 0.491. The Morgan fingerprint density at radius 2 is 2.30 bits per heavy atom. The number of methoxy groups -OCH3 is 1. The Morgan fingerprint density at radius 1 is 1.45 bits per heavy atom. The molecule has 1 N–H and O–H groups in total. The van der Waals surface area contributed by atoms with E-state index in [2.05, 4.69) is 14.7 Å².